The number of carbonyl (C=O) groups excluding carboxylic acids is 1. The number of nitrogens with one attached hydrogen (secondary N) is 2. The molecule has 2 aromatic carbocycles. The average Bonchev–Trinajstić information content (AvgIpc) is 2.44. The Labute approximate surface area is 128 Å². The Morgan fingerprint density at radius 2 is 1.39 bits per heavy atom. The normalized spacial score (nSPS) is 11.2. The molecule has 2 rings (SSSR count). The maximum absolute atomic E-state index is 13.0. The standard InChI is InChI=1S/C15H11F5N2O/c1-15(19,20)8-2-4-9(5-3-8)21-14(23)22-10-6-11(16)13(18)12(17)7-10/h2-7H,1H3,(H2,21,22,23). The first-order valence-electron chi connectivity index (χ1n) is 6.38. The van der Waals surface area contributed by atoms with Crippen LogP contribution in [-0.4, -0.2) is 6.03 Å². The molecule has 0 aliphatic heterocycles. The topological polar surface area (TPSA) is 41.1 Å². The van der Waals surface area contributed by atoms with Crippen molar-refractivity contribution in [3.63, 3.8) is 0 Å². The van der Waals surface area contributed by atoms with Gasteiger partial charge in [-0.2, -0.15) is 0 Å². The minimum absolute atomic E-state index is 0.193. The Kier molecular flexibility index (Phi) is 4.53. The molecule has 0 radical (unpaired) electrons. The van der Waals surface area contributed by atoms with E-state index in [9.17, 15) is 26.7 Å². The highest BCUT2D eigenvalue weighted by atomic mass is 19.3. The summed E-state index contributed by atoms with van der Waals surface area (Å²) in [5, 5.41) is 4.39. The first-order valence-corrected chi connectivity index (χ1v) is 6.38. The van der Waals surface area contributed by atoms with E-state index in [0.29, 0.717) is 12.1 Å². The molecule has 0 bridgehead atoms. The van der Waals surface area contributed by atoms with Gasteiger partial charge in [0.1, 0.15) is 0 Å². The summed E-state index contributed by atoms with van der Waals surface area (Å²) in [6.07, 6.45) is 0. The summed E-state index contributed by atoms with van der Waals surface area (Å²) in [6, 6.07) is 5.11. The van der Waals surface area contributed by atoms with Crippen LogP contribution in [0.2, 0.25) is 0 Å². The van der Waals surface area contributed by atoms with Crippen molar-refractivity contribution in [1.29, 1.82) is 0 Å². The zero-order chi connectivity index (χ0) is 17.2. The second-order valence-corrected chi connectivity index (χ2v) is 4.80. The summed E-state index contributed by atoms with van der Waals surface area (Å²) in [7, 11) is 0. The minimum Gasteiger partial charge on any atom is -0.308 e. The van der Waals surface area contributed by atoms with E-state index in [1.54, 1.807) is 0 Å². The van der Waals surface area contributed by atoms with Crippen molar-refractivity contribution in [2.24, 2.45) is 0 Å². The van der Waals surface area contributed by atoms with E-state index in [2.05, 4.69) is 10.6 Å². The fourth-order valence-electron chi connectivity index (χ4n) is 1.77. The smallest absolute Gasteiger partial charge is 0.308 e. The number of hydrogen-bond donors (Lipinski definition) is 2. The van der Waals surface area contributed by atoms with Crippen molar-refractivity contribution in [3.05, 3.63) is 59.4 Å². The van der Waals surface area contributed by atoms with E-state index in [1.165, 1.54) is 12.1 Å². The molecule has 0 aromatic heterocycles. The third-order valence-electron chi connectivity index (χ3n) is 2.89. The summed E-state index contributed by atoms with van der Waals surface area (Å²) in [5.41, 5.74) is -0.333. The largest absolute Gasteiger partial charge is 0.323 e. The summed E-state index contributed by atoms with van der Waals surface area (Å²) in [4.78, 5) is 11.7. The van der Waals surface area contributed by atoms with Gasteiger partial charge in [-0.1, -0.05) is 12.1 Å². The van der Waals surface area contributed by atoms with E-state index < -0.39 is 29.4 Å². The molecule has 0 spiro atoms. The lowest BCUT2D eigenvalue weighted by Crippen LogP contribution is -2.20. The number of halogens is 5. The van der Waals surface area contributed by atoms with Crippen LogP contribution in [0.15, 0.2) is 36.4 Å². The van der Waals surface area contributed by atoms with Gasteiger partial charge in [0, 0.05) is 36.0 Å². The number of amides is 2. The van der Waals surface area contributed by atoms with Crippen LogP contribution < -0.4 is 10.6 Å². The molecule has 8 heteroatoms. The Morgan fingerprint density at radius 1 is 0.913 bits per heavy atom. The molecule has 0 aliphatic carbocycles. The number of rotatable bonds is 3. The number of urea groups is 1. The minimum atomic E-state index is -3.01. The lowest BCUT2D eigenvalue weighted by Gasteiger charge is -2.12. The molecule has 2 amide bonds. The summed E-state index contributed by atoms with van der Waals surface area (Å²) in [5.74, 6) is -7.55. The van der Waals surface area contributed by atoms with Gasteiger partial charge in [0.05, 0.1) is 0 Å². The third kappa shape index (κ3) is 4.18. The second kappa shape index (κ2) is 6.23. The van der Waals surface area contributed by atoms with Crippen LogP contribution in [0, 0.1) is 17.5 Å². The Balaban J connectivity index is 2.05. The highest BCUT2D eigenvalue weighted by molar-refractivity contribution is 5.99. The van der Waals surface area contributed by atoms with Crippen molar-refractivity contribution >= 4 is 17.4 Å². The Bertz CT molecular complexity index is 703. The summed E-state index contributed by atoms with van der Waals surface area (Å²) < 4.78 is 64.9. The quantitative estimate of drug-likeness (QED) is 0.612. The van der Waals surface area contributed by atoms with Crippen LogP contribution in [0.3, 0.4) is 0 Å². The fourth-order valence-corrected chi connectivity index (χ4v) is 1.77. The van der Waals surface area contributed by atoms with Crippen molar-refractivity contribution in [2.45, 2.75) is 12.8 Å². The van der Waals surface area contributed by atoms with Crippen molar-refractivity contribution in [1.82, 2.24) is 0 Å². The predicted molar refractivity (Wildman–Crippen MR) is 75.0 cm³/mol. The van der Waals surface area contributed by atoms with Crippen LogP contribution >= 0.6 is 0 Å². The zero-order valence-electron chi connectivity index (χ0n) is 11.8. The number of hydrogen-bond acceptors (Lipinski definition) is 1. The third-order valence-corrected chi connectivity index (χ3v) is 2.89. The Morgan fingerprint density at radius 3 is 1.87 bits per heavy atom. The second-order valence-electron chi connectivity index (χ2n) is 4.80. The van der Waals surface area contributed by atoms with Crippen LogP contribution in [-0.2, 0) is 5.92 Å². The number of carbonyl (C=O) groups is 1. The molecular weight excluding hydrogens is 319 g/mol. The SMILES string of the molecule is CC(F)(F)c1ccc(NC(=O)Nc2cc(F)c(F)c(F)c2)cc1. The molecule has 0 atom stereocenters. The van der Waals surface area contributed by atoms with E-state index in [1.807, 2.05) is 0 Å². The van der Waals surface area contributed by atoms with E-state index >= 15 is 0 Å². The predicted octanol–water partition coefficient (Wildman–Crippen LogP) is 4.86. The van der Waals surface area contributed by atoms with Crippen LogP contribution in [0.25, 0.3) is 0 Å². The molecule has 0 fully saturated rings. The lowest BCUT2D eigenvalue weighted by molar-refractivity contribution is 0.0175. The molecule has 23 heavy (non-hydrogen) atoms. The molecule has 0 saturated carbocycles. The first kappa shape index (κ1) is 16.7. The first-order chi connectivity index (χ1) is 10.7. The van der Waals surface area contributed by atoms with Crippen LogP contribution in [0.5, 0.6) is 0 Å². The maximum Gasteiger partial charge on any atom is 0.323 e. The van der Waals surface area contributed by atoms with E-state index in [0.717, 1.165) is 19.1 Å². The summed E-state index contributed by atoms with van der Waals surface area (Å²) in [6.45, 7) is 0.736. The van der Waals surface area contributed by atoms with Crippen molar-refractivity contribution in [3.8, 4) is 0 Å². The molecule has 0 aliphatic rings. The van der Waals surface area contributed by atoms with Gasteiger partial charge < -0.3 is 10.6 Å². The number of alkyl halides is 2. The van der Waals surface area contributed by atoms with Gasteiger partial charge >= 0.3 is 6.03 Å². The highest BCUT2D eigenvalue weighted by Crippen LogP contribution is 2.27. The van der Waals surface area contributed by atoms with Crippen LogP contribution in [0.4, 0.5) is 38.1 Å². The van der Waals surface area contributed by atoms with Gasteiger partial charge in [0.25, 0.3) is 5.92 Å². The molecule has 2 aromatic rings. The summed E-state index contributed by atoms with van der Waals surface area (Å²) >= 11 is 0. The number of benzene rings is 2. The lowest BCUT2D eigenvalue weighted by atomic mass is 10.1. The fraction of sp³-hybridized carbons (Fsp3) is 0.133. The van der Waals surface area contributed by atoms with Gasteiger partial charge in [-0.05, 0) is 12.1 Å². The van der Waals surface area contributed by atoms with Gasteiger partial charge in [-0.25, -0.2) is 26.7 Å². The number of anilines is 2. The van der Waals surface area contributed by atoms with E-state index in [4.69, 9.17) is 0 Å². The van der Waals surface area contributed by atoms with Gasteiger partial charge in [-0.15, -0.1) is 0 Å². The van der Waals surface area contributed by atoms with Gasteiger partial charge in [0.2, 0.25) is 0 Å². The monoisotopic (exact) mass is 330 g/mol. The molecular formula is C15H11F5N2O. The molecule has 2 N–H and O–H groups in total. The van der Waals surface area contributed by atoms with Crippen molar-refractivity contribution < 1.29 is 26.7 Å². The van der Waals surface area contributed by atoms with Gasteiger partial charge in [-0.3, -0.25) is 0 Å². The van der Waals surface area contributed by atoms with Crippen molar-refractivity contribution in [2.75, 3.05) is 10.6 Å². The molecule has 0 heterocycles. The zero-order valence-corrected chi connectivity index (χ0v) is 11.8. The molecule has 3 nitrogen and oxygen atoms in total. The maximum atomic E-state index is 13.0. The highest BCUT2D eigenvalue weighted by Gasteiger charge is 2.23. The molecule has 0 saturated heterocycles. The molecule has 0 unspecified atom stereocenters. The van der Waals surface area contributed by atoms with E-state index in [-0.39, 0.29) is 16.9 Å². The average molecular weight is 330 g/mol. The Hall–Kier alpha value is -2.64. The molecule has 122 valence electrons. The van der Waals surface area contributed by atoms with Crippen LogP contribution in [0.1, 0.15) is 12.5 Å². The van der Waals surface area contributed by atoms with Gasteiger partial charge in [0.15, 0.2) is 17.5 Å².